The lowest BCUT2D eigenvalue weighted by Crippen LogP contribution is -2.35. The lowest BCUT2D eigenvalue weighted by atomic mass is 10.1. The first kappa shape index (κ1) is 16.5. The van der Waals surface area contributed by atoms with E-state index in [1.54, 1.807) is 19.2 Å². The Balaban J connectivity index is 2.91. The van der Waals surface area contributed by atoms with Crippen LogP contribution in [0.3, 0.4) is 0 Å². The zero-order chi connectivity index (χ0) is 15.1. The lowest BCUT2D eigenvalue weighted by molar-refractivity contribution is 0.0692. The number of methoxy groups -OCH3 is 2. The van der Waals surface area contributed by atoms with E-state index >= 15 is 0 Å². The van der Waals surface area contributed by atoms with Crippen LogP contribution in [-0.2, 0) is 11.3 Å². The van der Waals surface area contributed by atoms with Crippen LogP contribution in [0, 0.1) is 0 Å². The monoisotopic (exact) mass is 281 g/mol. The van der Waals surface area contributed by atoms with Crippen LogP contribution in [0.2, 0.25) is 0 Å². The number of hydrogen-bond acceptors (Lipinski definition) is 4. The first-order valence-corrected chi connectivity index (χ1v) is 6.66. The van der Waals surface area contributed by atoms with Crippen LogP contribution in [0.5, 0.6) is 5.75 Å². The average molecular weight is 281 g/mol. The van der Waals surface area contributed by atoms with Gasteiger partial charge in [0, 0.05) is 19.7 Å². The number of ether oxygens (including phenoxy) is 2. The zero-order valence-corrected chi connectivity index (χ0v) is 12.5. The van der Waals surface area contributed by atoms with Crippen LogP contribution < -0.4 is 4.74 Å². The van der Waals surface area contributed by atoms with Crippen LogP contribution in [0.4, 0.5) is 0 Å². The number of aromatic carboxylic acids is 1. The van der Waals surface area contributed by atoms with E-state index in [1.807, 2.05) is 6.07 Å². The van der Waals surface area contributed by atoms with Crippen molar-refractivity contribution in [1.29, 1.82) is 0 Å². The fourth-order valence-electron chi connectivity index (χ4n) is 2.18. The van der Waals surface area contributed by atoms with E-state index in [2.05, 4.69) is 18.7 Å². The number of hydrogen-bond donors (Lipinski definition) is 1. The van der Waals surface area contributed by atoms with Gasteiger partial charge < -0.3 is 14.6 Å². The molecule has 5 nitrogen and oxygen atoms in total. The van der Waals surface area contributed by atoms with Gasteiger partial charge in [0.05, 0.1) is 13.7 Å². The van der Waals surface area contributed by atoms with Crippen molar-refractivity contribution in [2.45, 2.75) is 26.4 Å². The Morgan fingerprint density at radius 1 is 1.40 bits per heavy atom. The SMILES string of the molecule is CCN(Cc1ccc(OC)c(C(=O)O)c1)C(C)COC. The molecule has 112 valence electrons. The summed E-state index contributed by atoms with van der Waals surface area (Å²) < 4.78 is 10.2. The molecule has 1 aromatic carbocycles. The predicted molar refractivity (Wildman–Crippen MR) is 77.4 cm³/mol. The highest BCUT2D eigenvalue weighted by molar-refractivity contribution is 5.91. The van der Waals surface area contributed by atoms with Gasteiger partial charge in [0.1, 0.15) is 11.3 Å². The third kappa shape index (κ3) is 4.21. The molecule has 1 unspecified atom stereocenters. The van der Waals surface area contributed by atoms with Crippen LogP contribution in [0.15, 0.2) is 18.2 Å². The minimum atomic E-state index is -0.975. The fraction of sp³-hybridized carbons (Fsp3) is 0.533. The molecule has 20 heavy (non-hydrogen) atoms. The Bertz CT molecular complexity index is 447. The molecule has 0 aliphatic heterocycles. The van der Waals surface area contributed by atoms with Gasteiger partial charge in [-0.2, -0.15) is 0 Å². The summed E-state index contributed by atoms with van der Waals surface area (Å²) in [6.45, 7) is 6.38. The van der Waals surface area contributed by atoms with Gasteiger partial charge in [0.2, 0.25) is 0 Å². The molecule has 0 bridgehead atoms. The van der Waals surface area contributed by atoms with Gasteiger partial charge >= 0.3 is 5.97 Å². The average Bonchev–Trinajstić information content (AvgIpc) is 2.44. The largest absolute Gasteiger partial charge is 0.496 e. The van der Waals surface area contributed by atoms with Crippen molar-refractivity contribution in [3.63, 3.8) is 0 Å². The number of benzene rings is 1. The summed E-state index contributed by atoms with van der Waals surface area (Å²) in [5, 5.41) is 9.19. The number of carboxylic acids is 1. The van der Waals surface area contributed by atoms with Gasteiger partial charge in [-0.1, -0.05) is 13.0 Å². The first-order chi connectivity index (χ1) is 9.53. The van der Waals surface area contributed by atoms with Crippen molar-refractivity contribution in [2.24, 2.45) is 0 Å². The van der Waals surface area contributed by atoms with Gasteiger partial charge in [0.25, 0.3) is 0 Å². The molecule has 0 aliphatic rings. The summed E-state index contributed by atoms with van der Waals surface area (Å²) >= 11 is 0. The molecule has 0 aliphatic carbocycles. The van der Waals surface area contributed by atoms with E-state index in [4.69, 9.17) is 9.47 Å². The Morgan fingerprint density at radius 2 is 2.10 bits per heavy atom. The molecule has 0 saturated carbocycles. The van der Waals surface area contributed by atoms with Crippen LogP contribution >= 0.6 is 0 Å². The second-order valence-corrected chi connectivity index (χ2v) is 4.71. The maximum absolute atomic E-state index is 11.2. The highest BCUT2D eigenvalue weighted by Crippen LogP contribution is 2.21. The Hall–Kier alpha value is -1.59. The van der Waals surface area contributed by atoms with Crippen LogP contribution in [0.1, 0.15) is 29.8 Å². The molecule has 1 rings (SSSR count). The van der Waals surface area contributed by atoms with Crippen LogP contribution in [0.25, 0.3) is 0 Å². The van der Waals surface area contributed by atoms with E-state index in [1.165, 1.54) is 7.11 Å². The summed E-state index contributed by atoms with van der Waals surface area (Å²) in [7, 11) is 3.15. The highest BCUT2D eigenvalue weighted by atomic mass is 16.5. The summed E-state index contributed by atoms with van der Waals surface area (Å²) in [4.78, 5) is 13.4. The van der Waals surface area contributed by atoms with Crippen molar-refractivity contribution < 1.29 is 19.4 Å². The summed E-state index contributed by atoms with van der Waals surface area (Å²) in [5.41, 5.74) is 1.15. The third-order valence-electron chi connectivity index (χ3n) is 3.32. The van der Waals surface area contributed by atoms with E-state index < -0.39 is 5.97 Å². The number of nitrogens with zero attached hydrogens (tertiary/aromatic N) is 1. The van der Waals surface area contributed by atoms with Crippen LogP contribution in [-0.4, -0.2) is 49.4 Å². The molecule has 0 saturated heterocycles. The van der Waals surface area contributed by atoms with Gasteiger partial charge in [-0.15, -0.1) is 0 Å². The number of rotatable bonds is 8. The standard InChI is InChI=1S/C15H23NO4/c1-5-16(11(2)10-19-3)9-12-6-7-14(20-4)13(8-12)15(17)18/h6-8,11H,5,9-10H2,1-4H3,(H,17,18). The highest BCUT2D eigenvalue weighted by Gasteiger charge is 2.15. The summed E-state index contributed by atoms with van der Waals surface area (Å²) in [6.07, 6.45) is 0. The van der Waals surface area contributed by atoms with Gasteiger partial charge in [-0.05, 0) is 31.2 Å². The molecule has 0 spiro atoms. The third-order valence-corrected chi connectivity index (χ3v) is 3.32. The molecule has 0 heterocycles. The van der Waals surface area contributed by atoms with Crippen molar-refractivity contribution in [1.82, 2.24) is 4.90 Å². The second-order valence-electron chi connectivity index (χ2n) is 4.71. The molecule has 5 heteroatoms. The molecule has 1 atom stereocenters. The molecule has 0 radical (unpaired) electrons. The van der Waals surface area contributed by atoms with E-state index in [9.17, 15) is 9.90 Å². The zero-order valence-electron chi connectivity index (χ0n) is 12.5. The van der Waals surface area contributed by atoms with Crippen molar-refractivity contribution >= 4 is 5.97 Å². The van der Waals surface area contributed by atoms with E-state index in [0.717, 1.165) is 12.1 Å². The minimum absolute atomic E-state index is 0.195. The van der Waals surface area contributed by atoms with Gasteiger partial charge in [-0.3, -0.25) is 4.90 Å². The Kier molecular flexibility index (Phi) is 6.48. The van der Waals surface area contributed by atoms with Crippen molar-refractivity contribution in [3.05, 3.63) is 29.3 Å². The number of carbonyl (C=O) groups is 1. The van der Waals surface area contributed by atoms with E-state index in [-0.39, 0.29) is 11.6 Å². The maximum Gasteiger partial charge on any atom is 0.339 e. The molecular formula is C15H23NO4. The second kappa shape index (κ2) is 7.87. The quantitative estimate of drug-likeness (QED) is 0.792. The fourth-order valence-corrected chi connectivity index (χ4v) is 2.18. The summed E-state index contributed by atoms with van der Waals surface area (Å²) in [5.74, 6) is -0.592. The summed E-state index contributed by atoms with van der Waals surface area (Å²) in [6, 6.07) is 5.55. The van der Waals surface area contributed by atoms with E-state index in [0.29, 0.717) is 18.9 Å². The normalized spacial score (nSPS) is 12.4. The number of carboxylic acid groups (broad SMARTS) is 1. The molecule has 1 aromatic rings. The minimum Gasteiger partial charge on any atom is -0.496 e. The molecule has 0 fully saturated rings. The van der Waals surface area contributed by atoms with Crippen molar-refractivity contribution in [2.75, 3.05) is 27.4 Å². The molecule has 0 aromatic heterocycles. The molecule has 1 N–H and O–H groups in total. The van der Waals surface area contributed by atoms with Gasteiger partial charge in [0.15, 0.2) is 0 Å². The topological polar surface area (TPSA) is 59.0 Å². The molecular weight excluding hydrogens is 258 g/mol. The Labute approximate surface area is 120 Å². The molecule has 0 amide bonds. The smallest absolute Gasteiger partial charge is 0.339 e. The number of likely N-dealkylation sites (N-methyl/N-ethyl adjacent to an activating group) is 1. The predicted octanol–water partition coefficient (Wildman–Crippen LogP) is 2.25. The Morgan fingerprint density at radius 3 is 2.60 bits per heavy atom. The first-order valence-electron chi connectivity index (χ1n) is 6.66. The maximum atomic E-state index is 11.2. The lowest BCUT2D eigenvalue weighted by Gasteiger charge is -2.27. The van der Waals surface area contributed by atoms with Crippen molar-refractivity contribution in [3.8, 4) is 5.75 Å². The van der Waals surface area contributed by atoms with Gasteiger partial charge in [-0.25, -0.2) is 4.79 Å².